The fourth-order valence-corrected chi connectivity index (χ4v) is 5.25. The van der Waals surface area contributed by atoms with Gasteiger partial charge in [-0.25, -0.2) is 0 Å². The fourth-order valence-electron chi connectivity index (χ4n) is 5.13. The Kier molecular flexibility index (Phi) is 6.80. The Morgan fingerprint density at radius 3 is 2.49 bits per heavy atom. The van der Waals surface area contributed by atoms with Crippen molar-refractivity contribution in [2.24, 2.45) is 0 Å². The highest BCUT2D eigenvalue weighted by Crippen LogP contribution is 2.37. The van der Waals surface area contributed by atoms with Crippen LogP contribution in [-0.2, 0) is 14.9 Å². The van der Waals surface area contributed by atoms with E-state index >= 15 is 0 Å². The van der Waals surface area contributed by atoms with Gasteiger partial charge in [-0.05, 0) is 59.9 Å². The molecule has 2 N–H and O–H groups in total. The fraction of sp³-hybridized carbons (Fsp3) is 0.276. The molecular formula is C29H29ClN2O3. The molecule has 1 atom stereocenters. The highest BCUT2D eigenvalue weighted by molar-refractivity contribution is 6.30. The number of carbonyl (C=O) groups is 1. The van der Waals surface area contributed by atoms with Crippen LogP contribution in [0.5, 0.6) is 5.75 Å². The third-order valence-corrected chi connectivity index (χ3v) is 7.41. The zero-order valence-corrected chi connectivity index (χ0v) is 20.5. The molecule has 4 aromatic rings. The number of rotatable bonds is 7. The summed E-state index contributed by atoms with van der Waals surface area (Å²) in [6.07, 6.45) is 3.33. The van der Waals surface area contributed by atoms with Crippen LogP contribution in [0.2, 0.25) is 5.02 Å². The van der Waals surface area contributed by atoms with Crippen molar-refractivity contribution < 1.29 is 14.3 Å². The van der Waals surface area contributed by atoms with E-state index in [1.165, 1.54) is 0 Å². The molecule has 6 heteroatoms. The highest BCUT2D eigenvalue weighted by atomic mass is 35.5. The molecule has 1 amide bonds. The van der Waals surface area contributed by atoms with E-state index in [9.17, 15) is 4.79 Å². The number of amides is 1. The molecule has 0 saturated carbocycles. The standard InChI is InChI=1S/C29H29ClN2O3/c1-34-23-12-6-20(7-13-23)25(26-19-31-27-5-3-2-4-24(26)27)18-32-28(33)29(14-16-35-17-15-29)21-8-10-22(30)11-9-21/h2-13,19,25,31H,14-18H2,1H3,(H,32,33). The molecule has 1 unspecified atom stereocenters. The maximum atomic E-state index is 13.8. The van der Waals surface area contributed by atoms with Crippen molar-refractivity contribution in [2.75, 3.05) is 26.9 Å². The molecule has 0 radical (unpaired) electrons. The van der Waals surface area contributed by atoms with Crippen molar-refractivity contribution in [2.45, 2.75) is 24.2 Å². The normalized spacial score (nSPS) is 16.1. The summed E-state index contributed by atoms with van der Waals surface area (Å²) >= 11 is 6.14. The molecule has 2 heterocycles. The minimum absolute atomic E-state index is 0.0249. The van der Waals surface area contributed by atoms with Crippen LogP contribution in [0.15, 0.2) is 79.0 Å². The number of benzene rings is 3. The van der Waals surface area contributed by atoms with Crippen LogP contribution in [0.25, 0.3) is 10.9 Å². The monoisotopic (exact) mass is 488 g/mol. The Balaban J connectivity index is 1.47. The van der Waals surface area contributed by atoms with E-state index in [0.29, 0.717) is 37.6 Å². The molecule has 1 fully saturated rings. The number of halogens is 1. The lowest BCUT2D eigenvalue weighted by Crippen LogP contribution is -2.49. The molecular weight excluding hydrogens is 460 g/mol. The maximum Gasteiger partial charge on any atom is 0.230 e. The first kappa shape index (κ1) is 23.5. The summed E-state index contributed by atoms with van der Waals surface area (Å²) < 4.78 is 11.0. The second-order valence-electron chi connectivity index (χ2n) is 9.03. The number of hydrogen-bond donors (Lipinski definition) is 2. The summed E-state index contributed by atoms with van der Waals surface area (Å²) in [4.78, 5) is 17.2. The van der Waals surface area contributed by atoms with Crippen molar-refractivity contribution in [1.82, 2.24) is 10.3 Å². The summed E-state index contributed by atoms with van der Waals surface area (Å²) in [5, 5.41) is 5.13. The Hall–Kier alpha value is -3.28. The number of hydrogen-bond acceptors (Lipinski definition) is 3. The predicted octanol–water partition coefficient (Wildman–Crippen LogP) is 5.83. The van der Waals surface area contributed by atoms with E-state index in [2.05, 4.69) is 40.8 Å². The van der Waals surface area contributed by atoms with Gasteiger partial charge in [0.05, 0.1) is 12.5 Å². The molecule has 0 bridgehead atoms. The first-order chi connectivity index (χ1) is 17.1. The largest absolute Gasteiger partial charge is 0.497 e. The summed E-state index contributed by atoms with van der Waals surface area (Å²) in [5.41, 5.74) is 3.69. The SMILES string of the molecule is COc1ccc(C(CNC(=O)C2(c3ccc(Cl)cc3)CCOCC2)c2c[nH]c3ccccc23)cc1. The van der Waals surface area contributed by atoms with Crippen molar-refractivity contribution in [3.05, 3.63) is 101 Å². The van der Waals surface area contributed by atoms with E-state index in [1.54, 1.807) is 7.11 Å². The van der Waals surface area contributed by atoms with Crippen molar-refractivity contribution >= 4 is 28.4 Å². The number of aromatic amines is 1. The van der Waals surface area contributed by atoms with E-state index in [1.807, 2.05) is 48.5 Å². The number of aromatic nitrogens is 1. The van der Waals surface area contributed by atoms with E-state index in [-0.39, 0.29) is 11.8 Å². The topological polar surface area (TPSA) is 63.4 Å². The van der Waals surface area contributed by atoms with Crippen LogP contribution >= 0.6 is 11.6 Å². The zero-order valence-electron chi connectivity index (χ0n) is 19.7. The summed E-state index contributed by atoms with van der Waals surface area (Å²) in [7, 11) is 1.66. The molecule has 5 rings (SSSR count). The number of methoxy groups -OCH3 is 1. The quantitative estimate of drug-likeness (QED) is 0.344. The number of carbonyl (C=O) groups excluding carboxylic acids is 1. The molecule has 0 spiro atoms. The molecule has 35 heavy (non-hydrogen) atoms. The van der Waals surface area contributed by atoms with E-state index in [4.69, 9.17) is 21.1 Å². The van der Waals surface area contributed by atoms with Gasteiger partial charge in [-0.1, -0.05) is 54.1 Å². The second-order valence-corrected chi connectivity index (χ2v) is 9.46. The van der Waals surface area contributed by atoms with Crippen LogP contribution in [0.4, 0.5) is 0 Å². The summed E-state index contributed by atoms with van der Waals surface area (Å²) in [5.74, 6) is 0.809. The van der Waals surface area contributed by atoms with Crippen LogP contribution in [0.3, 0.4) is 0 Å². The highest BCUT2D eigenvalue weighted by Gasteiger charge is 2.41. The zero-order chi connectivity index (χ0) is 24.3. The molecule has 1 aliphatic heterocycles. The van der Waals surface area contributed by atoms with Gasteiger partial charge in [0, 0.05) is 47.8 Å². The maximum absolute atomic E-state index is 13.8. The van der Waals surface area contributed by atoms with Crippen LogP contribution in [-0.4, -0.2) is 37.8 Å². The minimum Gasteiger partial charge on any atom is -0.497 e. The van der Waals surface area contributed by atoms with Crippen molar-refractivity contribution in [3.8, 4) is 5.75 Å². The van der Waals surface area contributed by atoms with Crippen molar-refractivity contribution in [1.29, 1.82) is 0 Å². The molecule has 180 valence electrons. The Labute approximate surface area is 210 Å². The van der Waals surface area contributed by atoms with Gasteiger partial charge in [0.15, 0.2) is 0 Å². The Morgan fingerprint density at radius 1 is 1.06 bits per heavy atom. The van der Waals surface area contributed by atoms with E-state index in [0.717, 1.165) is 33.3 Å². The molecule has 1 aromatic heterocycles. The van der Waals surface area contributed by atoms with Gasteiger partial charge in [0.25, 0.3) is 0 Å². The summed E-state index contributed by atoms with van der Waals surface area (Å²) in [6.45, 7) is 1.59. The average molecular weight is 489 g/mol. The van der Waals surface area contributed by atoms with Crippen LogP contribution in [0.1, 0.15) is 35.4 Å². The Bertz CT molecular complexity index is 1290. The number of ether oxygens (including phenoxy) is 2. The average Bonchev–Trinajstić information content (AvgIpc) is 3.34. The predicted molar refractivity (Wildman–Crippen MR) is 139 cm³/mol. The number of fused-ring (bicyclic) bond motifs is 1. The summed E-state index contributed by atoms with van der Waals surface area (Å²) in [6, 6.07) is 24.0. The third-order valence-electron chi connectivity index (χ3n) is 7.16. The Morgan fingerprint density at radius 2 is 1.77 bits per heavy atom. The van der Waals surface area contributed by atoms with Gasteiger partial charge in [0.1, 0.15) is 5.75 Å². The lowest BCUT2D eigenvalue weighted by molar-refractivity contribution is -0.130. The lowest BCUT2D eigenvalue weighted by Gasteiger charge is -2.36. The van der Waals surface area contributed by atoms with Gasteiger partial charge in [0.2, 0.25) is 5.91 Å². The third kappa shape index (κ3) is 4.66. The van der Waals surface area contributed by atoms with Crippen LogP contribution in [0, 0.1) is 0 Å². The second kappa shape index (κ2) is 10.1. The molecule has 1 aliphatic rings. The molecule has 3 aromatic carbocycles. The number of nitrogens with one attached hydrogen (secondary N) is 2. The van der Waals surface area contributed by atoms with Gasteiger partial charge in [-0.3, -0.25) is 4.79 Å². The van der Waals surface area contributed by atoms with E-state index < -0.39 is 5.41 Å². The molecule has 1 saturated heterocycles. The van der Waals surface area contributed by atoms with Crippen LogP contribution < -0.4 is 10.1 Å². The molecule has 5 nitrogen and oxygen atoms in total. The number of para-hydroxylation sites is 1. The van der Waals surface area contributed by atoms with Gasteiger partial charge >= 0.3 is 0 Å². The van der Waals surface area contributed by atoms with Gasteiger partial charge < -0.3 is 19.8 Å². The number of H-pyrrole nitrogens is 1. The lowest BCUT2D eigenvalue weighted by atomic mass is 9.73. The molecule has 0 aliphatic carbocycles. The first-order valence-electron chi connectivity index (χ1n) is 11.9. The van der Waals surface area contributed by atoms with Gasteiger partial charge in [-0.15, -0.1) is 0 Å². The first-order valence-corrected chi connectivity index (χ1v) is 12.3. The van der Waals surface area contributed by atoms with Gasteiger partial charge in [-0.2, -0.15) is 0 Å². The smallest absolute Gasteiger partial charge is 0.230 e. The van der Waals surface area contributed by atoms with Crippen molar-refractivity contribution in [3.63, 3.8) is 0 Å². The minimum atomic E-state index is -0.631.